The predicted molar refractivity (Wildman–Crippen MR) is 72.8 cm³/mol. The first-order chi connectivity index (χ1) is 8.60. The van der Waals surface area contributed by atoms with Gasteiger partial charge in [0.25, 0.3) is 0 Å². The Labute approximate surface area is 115 Å². The third-order valence-electron chi connectivity index (χ3n) is 2.31. The number of nitrogens with two attached hydrogens (primary N) is 1. The van der Waals surface area contributed by atoms with Gasteiger partial charge in [-0.05, 0) is 43.3 Å². The van der Waals surface area contributed by atoms with E-state index in [1.807, 2.05) is 26.0 Å². The van der Waals surface area contributed by atoms with Crippen LogP contribution in [-0.4, -0.2) is 15.0 Å². The fraction of sp³-hybridized carbons (Fsp3) is 0.250. The molecule has 0 unspecified atom stereocenters. The molecule has 0 bridgehead atoms. The summed E-state index contributed by atoms with van der Waals surface area (Å²) in [4.78, 5) is 12.9. The Kier molecular flexibility index (Phi) is 4.16. The van der Waals surface area contributed by atoms with E-state index in [1.165, 1.54) is 11.8 Å². The van der Waals surface area contributed by atoms with Crippen LogP contribution in [0.2, 0.25) is 5.02 Å². The van der Waals surface area contributed by atoms with E-state index in [1.54, 1.807) is 6.20 Å². The number of hydrogen-bond donors (Lipinski definition) is 1. The normalized spacial score (nSPS) is 10.7. The molecule has 2 rings (SSSR count). The Morgan fingerprint density at radius 1 is 1.28 bits per heavy atom. The quantitative estimate of drug-likeness (QED) is 0.876. The molecule has 18 heavy (non-hydrogen) atoms. The number of rotatable bonds is 3. The van der Waals surface area contributed by atoms with Gasteiger partial charge in [0.05, 0.1) is 5.02 Å². The summed E-state index contributed by atoms with van der Waals surface area (Å²) in [5, 5.41) is 1.91. The van der Waals surface area contributed by atoms with Gasteiger partial charge in [0.2, 0.25) is 0 Å². The maximum atomic E-state index is 6.22. The van der Waals surface area contributed by atoms with Crippen molar-refractivity contribution in [1.29, 1.82) is 0 Å². The highest BCUT2D eigenvalue weighted by Crippen LogP contribution is 2.31. The topological polar surface area (TPSA) is 64.7 Å². The van der Waals surface area contributed by atoms with E-state index < -0.39 is 0 Å². The maximum Gasteiger partial charge on any atom is 0.194 e. The van der Waals surface area contributed by atoms with Crippen LogP contribution >= 0.6 is 23.4 Å². The molecule has 2 heterocycles. The number of halogens is 1. The highest BCUT2D eigenvalue weighted by Gasteiger charge is 2.10. The van der Waals surface area contributed by atoms with Crippen LogP contribution in [0.1, 0.15) is 17.0 Å². The summed E-state index contributed by atoms with van der Waals surface area (Å²) in [6, 6.07) is 3.74. The molecular weight excluding hydrogens is 268 g/mol. The van der Waals surface area contributed by atoms with Gasteiger partial charge in [-0.1, -0.05) is 11.6 Å². The van der Waals surface area contributed by atoms with Gasteiger partial charge in [-0.3, -0.25) is 0 Å². The van der Waals surface area contributed by atoms with E-state index >= 15 is 0 Å². The van der Waals surface area contributed by atoms with E-state index in [0.717, 1.165) is 17.0 Å². The van der Waals surface area contributed by atoms with E-state index in [2.05, 4.69) is 15.0 Å². The SMILES string of the molecule is Cc1cc(C)nc(Sc2nccc(CN)c2Cl)n1. The van der Waals surface area contributed by atoms with E-state index in [0.29, 0.717) is 21.7 Å². The van der Waals surface area contributed by atoms with Gasteiger partial charge in [0.15, 0.2) is 5.16 Å². The minimum atomic E-state index is 0.391. The molecule has 0 aliphatic rings. The second-order valence-electron chi connectivity index (χ2n) is 3.83. The van der Waals surface area contributed by atoms with Gasteiger partial charge < -0.3 is 5.73 Å². The fourth-order valence-corrected chi connectivity index (χ4v) is 2.71. The number of pyridine rings is 1. The molecule has 0 radical (unpaired) electrons. The summed E-state index contributed by atoms with van der Waals surface area (Å²) < 4.78 is 0. The van der Waals surface area contributed by atoms with Crippen LogP contribution < -0.4 is 5.73 Å². The van der Waals surface area contributed by atoms with Gasteiger partial charge in [-0.15, -0.1) is 0 Å². The lowest BCUT2D eigenvalue weighted by Gasteiger charge is -2.06. The second-order valence-corrected chi connectivity index (χ2v) is 5.16. The van der Waals surface area contributed by atoms with Crippen molar-refractivity contribution in [2.45, 2.75) is 30.6 Å². The molecule has 2 aromatic heterocycles. The van der Waals surface area contributed by atoms with Crippen molar-refractivity contribution in [2.24, 2.45) is 5.73 Å². The average Bonchev–Trinajstić information content (AvgIpc) is 2.30. The fourth-order valence-electron chi connectivity index (χ4n) is 1.52. The average molecular weight is 281 g/mol. The van der Waals surface area contributed by atoms with Crippen molar-refractivity contribution in [3.63, 3.8) is 0 Å². The second kappa shape index (κ2) is 5.65. The number of aryl methyl sites for hydroxylation is 2. The lowest BCUT2D eigenvalue weighted by molar-refractivity contribution is 0.897. The number of aromatic nitrogens is 3. The summed E-state index contributed by atoms with van der Waals surface area (Å²) in [6.07, 6.45) is 1.69. The summed E-state index contributed by atoms with van der Waals surface area (Å²) in [7, 11) is 0. The van der Waals surface area contributed by atoms with Crippen LogP contribution in [0.4, 0.5) is 0 Å². The van der Waals surface area contributed by atoms with Crippen LogP contribution in [0.5, 0.6) is 0 Å². The summed E-state index contributed by atoms with van der Waals surface area (Å²) in [5.74, 6) is 0. The zero-order chi connectivity index (χ0) is 13.1. The Morgan fingerprint density at radius 3 is 2.56 bits per heavy atom. The molecule has 0 saturated carbocycles. The summed E-state index contributed by atoms with van der Waals surface area (Å²) in [5.41, 5.74) is 8.34. The first-order valence-electron chi connectivity index (χ1n) is 5.43. The van der Waals surface area contributed by atoms with Gasteiger partial charge in [-0.2, -0.15) is 0 Å². The highest BCUT2D eigenvalue weighted by atomic mass is 35.5. The number of nitrogens with zero attached hydrogens (tertiary/aromatic N) is 3. The Balaban J connectivity index is 2.34. The summed E-state index contributed by atoms with van der Waals surface area (Å²) >= 11 is 7.57. The largest absolute Gasteiger partial charge is 0.326 e. The molecule has 0 aliphatic heterocycles. The third-order valence-corrected chi connectivity index (χ3v) is 3.71. The Morgan fingerprint density at radius 2 is 1.94 bits per heavy atom. The molecule has 0 atom stereocenters. The molecular formula is C12H13ClN4S. The smallest absolute Gasteiger partial charge is 0.194 e. The first kappa shape index (κ1) is 13.3. The molecule has 4 nitrogen and oxygen atoms in total. The molecule has 0 aliphatic carbocycles. The van der Waals surface area contributed by atoms with E-state index in [-0.39, 0.29) is 0 Å². The Bertz CT molecular complexity index is 554. The number of hydrogen-bond acceptors (Lipinski definition) is 5. The molecule has 2 aromatic rings. The summed E-state index contributed by atoms with van der Waals surface area (Å²) in [6.45, 7) is 4.26. The van der Waals surface area contributed by atoms with Crippen molar-refractivity contribution in [1.82, 2.24) is 15.0 Å². The molecule has 0 saturated heterocycles. The van der Waals surface area contributed by atoms with Gasteiger partial charge in [0, 0.05) is 24.1 Å². The van der Waals surface area contributed by atoms with Crippen LogP contribution in [0.15, 0.2) is 28.5 Å². The van der Waals surface area contributed by atoms with Crippen molar-refractivity contribution in [2.75, 3.05) is 0 Å². The van der Waals surface area contributed by atoms with Crippen molar-refractivity contribution < 1.29 is 0 Å². The predicted octanol–water partition coefficient (Wildman–Crippen LogP) is 2.75. The molecule has 0 aromatic carbocycles. The molecule has 0 amide bonds. The van der Waals surface area contributed by atoms with Gasteiger partial charge in [0.1, 0.15) is 5.03 Å². The van der Waals surface area contributed by atoms with Crippen LogP contribution in [-0.2, 0) is 6.54 Å². The standard InChI is InChI=1S/C12H13ClN4S/c1-7-5-8(2)17-12(16-7)18-11-10(13)9(6-14)3-4-15-11/h3-5H,6,14H2,1-2H3. The Hall–Kier alpha value is -1.17. The zero-order valence-electron chi connectivity index (χ0n) is 10.1. The minimum absolute atomic E-state index is 0.391. The minimum Gasteiger partial charge on any atom is -0.326 e. The van der Waals surface area contributed by atoms with Crippen LogP contribution in [0.25, 0.3) is 0 Å². The van der Waals surface area contributed by atoms with Gasteiger partial charge in [-0.25, -0.2) is 15.0 Å². The van der Waals surface area contributed by atoms with E-state index in [9.17, 15) is 0 Å². The highest BCUT2D eigenvalue weighted by molar-refractivity contribution is 7.99. The van der Waals surface area contributed by atoms with Crippen LogP contribution in [0.3, 0.4) is 0 Å². The van der Waals surface area contributed by atoms with Crippen molar-refractivity contribution in [3.05, 3.63) is 40.3 Å². The first-order valence-corrected chi connectivity index (χ1v) is 6.63. The molecule has 0 spiro atoms. The lowest BCUT2D eigenvalue weighted by Crippen LogP contribution is -1.99. The molecule has 94 valence electrons. The third kappa shape index (κ3) is 2.98. The monoisotopic (exact) mass is 280 g/mol. The van der Waals surface area contributed by atoms with Crippen molar-refractivity contribution >= 4 is 23.4 Å². The van der Waals surface area contributed by atoms with E-state index in [4.69, 9.17) is 17.3 Å². The molecule has 2 N–H and O–H groups in total. The zero-order valence-corrected chi connectivity index (χ0v) is 11.7. The maximum absolute atomic E-state index is 6.22. The van der Waals surface area contributed by atoms with Gasteiger partial charge >= 0.3 is 0 Å². The lowest BCUT2D eigenvalue weighted by atomic mass is 10.3. The molecule has 6 heteroatoms. The van der Waals surface area contributed by atoms with Crippen LogP contribution in [0, 0.1) is 13.8 Å². The molecule has 0 fully saturated rings. The van der Waals surface area contributed by atoms with Crippen molar-refractivity contribution in [3.8, 4) is 0 Å².